The minimum absolute atomic E-state index is 0.0298. The van der Waals surface area contributed by atoms with E-state index in [4.69, 9.17) is 11.6 Å². The first-order valence-corrected chi connectivity index (χ1v) is 9.33. The van der Waals surface area contributed by atoms with Gasteiger partial charge in [-0.25, -0.2) is 14.3 Å². The average Bonchev–Trinajstić information content (AvgIpc) is 3.10. The zero-order valence-corrected chi connectivity index (χ0v) is 15.7. The molecule has 1 saturated carbocycles. The van der Waals surface area contributed by atoms with Crippen molar-refractivity contribution in [3.05, 3.63) is 39.5 Å². The fraction of sp³-hybridized carbons (Fsp3) is 0.444. The summed E-state index contributed by atoms with van der Waals surface area (Å²) in [4.78, 5) is 39.0. The van der Waals surface area contributed by atoms with E-state index in [0.29, 0.717) is 12.8 Å². The van der Waals surface area contributed by atoms with Gasteiger partial charge in [-0.3, -0.25) is 9.59 Å². The highest BCUT2D eigenvalue weighted by atomic mass is 35.5. The molecule has 1 aliphatic heterocycles. The summed E-state index contributed by atoms with van der Waals surface area (Å²) in [5, 5.41) is 3.94. The highest BCUT2D eigenvalue weighted by Gasteiger charge is 2.48. The molecule has 0 bridgehead atoms. The van der Waals surface area contributed by atoms with E-state index in [2.05, 4.69) is 5.10 Å². The highest BCUT2D eigenvalue weighted by Crippen LogP contribution is 2.40. The molecule has 2 heterocycles. The Morgan fingerprint density at radius 1 is 1.11 bits per heavy atom. The van der Waals surface area contributed by atoms with Crippen molar-refractivity contribution in [3.63, 3.8) is 0 Å². The normalized spacial score (nSPS) is 22.2. The molecule has 2 aliphatic rings. The number of amides is 2. The number of halogens is 3. The molecule has 2 unspecified atom stereocenters. The van der Waals surface area contributed by atoms with Crippen molar-refractivity contribution >= 4 is 29.1 Å². The second kappa shape index (κ2) is 6.80. The molecule has 7 nitrogen and oxygen atoms in total. The van der Waals surface area contributed by atoms with E-state index >= 15 is 0 Å². The Balaban J connectivity index is 1.79. The van der Waals surface area contributed by atoms with Gasteiger partial charge in [0.2, 0.25) is 11.8 Å². The number of imide groups is 1. The van der Waals surface area contributed by atoms with E-state index in [0.717, 1.165) is 22.4 Å². The number of hydrogen-bond acceptors (Lipinski definition) is 4. The van der Waals surface area contributed by atoms with Gasteiger partial charge in [0.1, 0.15) is 5.82 Å². The summed E-state index contributed by atoms with van der Waals surface area (Å²) >= 11 is 6.16. The fourth-order valence-corrected chi connectivity index (χ4v) is 4.27. The molecule has 2 fully saturated rings. The SMILES string of the molecule is Cc1nn(-c2cc(N3C(=O)C4CCCCC4C3=O)ccc2Cl)c(=O)n1C(F)F. The number of hydrogen-bond donors (Lipinski definition) is 0. The number of rotatable bonds is 3. The smallest absolute Gasteiger partial charge is 0.274 e. The maximum absolute atomic E-state index is 13.1. The number of fused-ring (bicyclic) bond motifs is 1. The van der Waals surface area contributed by atoms with Gasteiger partial charge in [0.15, 0.2) is 0 Å². The summed E-state index contributed by atoms with van der Waals surface area (Å²) in [5.41, 5.74) is -0.776. The molecule has 0 radical (unpaired) electrons. The minimum atomic E-state index is -3.05. The van der Waals surface area contributed by atoms with Crippen LogP contribution in [0.15, 0.2) is 23.0 Å². The van der Waals surface area contributed by atoms with Crippen LogP contribution in [0, 0.1) is 18.8 Å². The summed E-state index contributed by atoms with van der Waals surface area (Å²) in [6.07, 6.45) is 3.15. The van der Waals surface area contributed by atoms with Crippen LogP contribution in [0.4, 0.5) is 14.5 Å². The highest BCUT2D eigenvalue weighted by molar-refractivity contribution is 6.32. The van der Waals surface area contributed by atoms with Gasteiger partial charge in [0.05, 0.1) is 28.2 Å². The number of carbonyl (C=O) groups excluding carboxylic acids is 2. The first-order valence-electron chi connectivity index (χ1n) is 8.95. The van der Waals surface area contributed by atoms with Crippen molar-refractivity contribution in [2.24, 2.45) is 11.8 Å². The fourth-order valence-electron chi connectivity index (χ4n) is 4.08. The van der Waals surface area contributed by atoms with Crippen LogP contribution in [0.1, 0.15) is 38.1 Å². The lowest BCUT2D eigenvalue weighted by atomic mass is 9.81. The largest absolute Gasteiger partial charge is 0.355 e. The van der Waals surface area contributed by atoms with Crippen LogP contribution < -0.4 is 10.6 Å². The number of alkyl halides is 2. The second-order valence-electron chi connectivity index (χ2n) is 7.03. The molecule has 0 spiro atoms. The third-order valence-corrected chi connectivity index (χ3v) is 5.75. The van der Waals surface area contributed by atoms with Crippen molar-refractivity contribution in [1.29, 1.82) is 0 Å². The van der Waals surface area contributed by atoms with Gasteiger partial charge in [0, 0.05) is 0 Å². The molecule has 148 valence electrons. The molecule has 10 heteroatoms. The third-order valence-electron chi connectivity index (χ3n) is 5.43. The van der Waals surface area contributed by atoms with Crippen LogP contribution in [-0.2, 0) is 9.59 Å². The van der Waals surface area contributed by atoms with Crippen LogP contribution >= 0.6 is 11.6 Å². The van der Waals surface area contributed by atoms with E-state index < -0.39 is 12.2 Å². The summed E-state index contributed by atoms with van der Waals surface area (Å²) < 4.78 is 27.2. The first-order chi connectivity index (χ1) is 13.3. The lowest BCUT2D eigenvalue weighted by Crippen LogP contribution is -2.31. The van der Waals surface area contributed by atoms with Gasteiger partial charge < -0.3 is 0 Å². The number of benzene rings is 1. The van der Waals surface area contributed by atoms with E-state index in [-0.39, 0.29) is 50.4 Å². The zero-order valence-electron chi connectivity index (χ0n) is 14.9. The van der Waals surface area contributed by atoms with Crippen LogP contribution in [0.3, 0.4) is 0 Å². The van der Waals surface area contributed by atoms with Crippen molar-refractivity contribution in [2.75, 3.05) is 4.90 Å². The predicted molar refractivity (Wildman–Crippen MR) is 96.8 cm³/mol. The molecule has 2 atom stereocenters. The van der Waals surface area contributed by atoms with Crippen LogP contribution in [0.2, 0.25) is 5.02 Å². The zero-order chi connectivity index (χ0) is 20.2. The second-order valence-corrected chi connectivity index (χ2v) is 7.44. The average molecular weight is 411 g/mol. The van der Waals surface area contributed by atoms with E-state index in [1.165, 1.54) is 25.1 Å². The number of aryl methyl sites for hydroxylation is 1. The molecule has 2 aromatic rings. The van der Waals surface area contributed by atoms with Crippen LogP contribution in [0.5, 0.6) is 0 Å². The molecule has 4 rings (SSSR count). The summed E-state index contributed by atoms with van der Waals surface area (Å²) in [6.45, 7) is -1.77. The standard InChI is InChI=1S/C18H17ClF2N4O3/c1-9-22-25(18(28)23(9)17(20)21)14-8-10(6-7-13(14)19)24-15(26)11-4-2-3-5-12(11)16(24)27/h6-8,11-12,17H,2-5H2,1H3. The Morgan fingerprint density at radius 3 is 2.25 bits per heavy atom. The van der Waals surface area contributed by atoms with Gasteiger partial charge in [-0.2, -0.15) is 13.5 Å². The Bertz CT molecular complexity index is 1010. The van der Waals surface area contributed by atoms with Gasteiger partial charge in [-0.1, -0.05) is 24.4 Å². The lowest BCUT2D eigenvalue weighted by molar-refractivity contribution is -0.122. The molecule has 1 aromatic carbocycles. The van der Waals surface area contributed by atoms with Crippen molar-refractivity contribution in [2.45, 2.75) is 39.2 Å². The molecular weight excluding hydrogens is 394 g/mol. The van der Waals surface area contributed by atoms with Crippen LogP contribution in [-0.4, -0.2) is 26.2 Å². The lowest BCUT2D eigenvalue weighted by Gasteiger charge is -2.19. The first kappa shape index (κ1) is 18.8. The topological polar surface area (TPSA) is 77.2 Å². The van der Waals surface area contributed by atoms with E-state index in [1.807, 2.05) is 0 Å². The molecule has 1 saturated heterocycles. The van der Waals surface area contributed by atoms with Crippen LogP contribution in [0.25, 0.3) is 5.69 Å². The number of carbonyl (C=O) groups is 2. The molecular formula is C18H17ClF2N4O3. The maximum Gasteiger partial charge on any atom is 0.355 e. The Morgan fingerprint density at radius 2 is 1.71 bits per heavy atom. The van der Waals surface area contributed by atoms with Gasteiger partial charge in [-0.05, 0) is 38.0 Å². The van der Waals surface area contributed by atoms with Crippen molar-refractivity contribution in [1.82, 2.24) is 14.3 Å². The quantitative estimate of drug-likeness (QED) is 0.728. The predicted octanol–water partition coefficient (Wildman–Crippen LogP) is 3.07. The van der Waals surface area contributed by atoms with Gasteiger partial charge in [0.25, 0.3) is 0 Å². The van der Waals surface area contributed by atoms with Crippen molar-refractivity contribution in [3.8, 4) is 5.69 Å². The van der Waals surface area contributed by atoms with E-state index in [9.17, 15) is 23.2 Å². The maximum atomic E-state index is 13.1. The number of nitrogens with zero attached hydrogens (tertiary/aromatic N) is 4. The molecule has 2 amide bonds. The summed E-state index contributed by atoms with van der Waals surface area (Å²) in [7, 11) is 0. The number of anilines is 1. The molecule has 1 aromatic heterocycles. The van der Waals surface area contributed by atoms with Gasteiger partial charge >= 0.3 is 12.2 Å². The Hall–Kier alpha value is -2.55. The van der Waals surface area contributed by atoms with Gasteiger partial charge in [-0.15, -0.1) is 5.10 Å². The molecule has 28 heavy (non-hydrogen) atoms. The molecule has 0 N–H and O–H groups in total. The minimum Gasteiger partial charge on any atom is -0.274 e. The summed E-state index contributed by atoms with van der Waals surface area (Å²) in [5.74, 6) is -1.39. The monoisotopic (exact) mass is 410 g/mol. The van der Waals surface area contributed by atoms with E-state index in [1.54, 1.807) is 0 Å². The third kappa shape index (κ3) is 2.76. The Labute approximate surface area is 163 Å². The summed E-state index contributed by atoms with van der Waals surface area (Å²) in [6, 6.07) is 4.28. The molecule has 1 aliphatic carbocycles. The Kier molecular flexibility index (Phi) is 4.57. The van der Waals surface area contributed by atoms with Crippen molar-refractivity contribution < 1.29 is 18.4 Å². The number of aromatic nitrogens is 3.